The number of halogens is 13. The van der Waals surface area contributed by atoms with Gasteiger partial charge in [0, 0.05) is 5.57 Å². The van der Waals surface area contributed by atoms with Crippen molar-refractivity contribution >= 4 is 0 Å². The molecule has 0 aromatic rings. The van der Waals surface area contributed by atoms with Gasteiger partial charge in [0.25, 0.3) is 0 Å². The van der Waals surface area contributed by atoms with Crippen LogP contribution in [0.4, 0.5) is 57.1 Å². The van der Waals surface area contributed by atoms with Gasteiger partial charge in [0.05, 0.1) is 0 Å². The van der Waals surface area contributed by atoms with Crippen LogP contribution in [0.3, 0.4) is 0 Å². The molecule has 0 atom stereocenters. The summed E-state index contributed by atoms with van der Waals surface area (Å²) < 4.78 is 158. The summed E-state index contributed by atoms with van der Waals surface area (Å²) in [6.07, 6.45) is -21.0. The van der Waals surface area contributed by atoms with Crippen LogP contribution in [0.2, 0.25) is 0 Å². The van der Waals surface area contributed by atoms with E-state index < -0.39 is 48.4 Å². The molecule has 0 aliphatic heterocycles. The first-order chi connectivity index (χ1) is 8.82. The van der Waals surface area contributed by atoms with E-state index in [-0.39, 0.29) is 0 Å². The summed E-state index contributed by atoms with van der Waals surface area (Å²) in [7, 11) is 0. The Morgan fingerprint density at radius 3 is 1.05 bits per heavy atom. The van der Waals surface area contributed by atoms with Crippen LogP contribution < -0.4 is 0 Å². The lowest BCUT2D eigenvalue weighted by molar-refractivity contribution is -0.333. The molecule has 0 saturated heterocycles. The predicted octanol–water partition coefficient (Wildman–Crippen LogP) is 5.26. The van der Waals surface area contributed by atoms with Gasteiger partial charge < -0.3 is 0 Å². The van der Waals surface area contributed by atoms with E-state index in [0.29, 0.717) is 0 Å². The third-order valence-electron chi connectivity index (χ3n) is 2.24. The highest BCUT2D eigenvalue weighted by atomic mass is 19.4. The minimum atomic E-state index is -7.14. The average Bonchev–Trinajstić information content (AvgIpc) is 2.20. The fraction of sp³-hybridized carbons (Fsp3) is 0.750. The average molecular weight is 346 g/mol. The SMILES string of the molecule is CC(=C(F)C(F)(C(F)(F)F)C(F)(F)F)C(F)(F)C(F)(F)F. The highest BCUT2D eigenvalue weighted by molar-refractivity contribution is 5.28. The molecule has 0 N–H and O–H groups in total. The highest BCUT2D eigenvalue weighted by Crippen LogP contribution is 2.54. The normalized spacial score (nSPS) is 16.9. The maximum absolute atomic E-state index is 13.0. The van der Waals surface area contributed by atoms with Gasteiger partial charge in [-0.2, -0.15) is 48.3 Å². The Morgan fingerprint density at radius 2 is 0.857 bits per heavy atom. The molecular formula is C8H3F13. The topological polar surface area (TPSA) is 0 Å². The van der Waals surface area contributed by atoms with E-state index >= 15 is 0 Å². The van der Waals surface area contributed by atoms with E-state index in [0.717, 1.165) is 0 Å². The Hall–Kier alpha value is -1.17. The van der Waals surface area contributed by atoms with Gasteiger partial charge in [-0.25, -0.2) is 8.78 Å². The predicted molar refractivity (Wildman–Crippen MR) is 40.8 cm³/mol. The smallest absolute Gasteiger partial charge is 0.215 e. The Balaban J connectivity index is 6.41. The van der Waals surface area contributed by atoms with Gasteiger partial charge in [-0.05, 0) is 6.92 Å². The van der Waals surface area contributed by atoms with Crippen molar-refractivity contribution in [3.8, 4) is 0 Å². The van der Waals surface area contributed by atoms with Gasteiger partial charge in [0.15, 0.2) is 5.83 Å². The van der Waals surface area contributed by atoms with Crippen molar-refractivity contribution in [3.05, 3.63) is 11.4 Å². The molecule has 0 fully saturated rings. The van der Waals surface area contributed by atoms with Crippen LogP contribution in [0.1, 0.15) is 6.92 Å². The first-order valence-electron chi connectivity index (χ1n) is 4.46. The monoisotopic (exact) mass is 346 g/mol. The molecular weight excluding hydrogens is 343 g/mol. The van der Waals surface area contributed by atoms with Crippen LogP contribution in [-0.4, -0.2) is 30.1 Å². The van der Waals surface area contributed by atoms with Crippen LogP contribution in [0.5, 0.6) is 0 Å². The molecule has 0 aromatic heterocycles. The van der Waals surface area contributed by atoms with Crippen molar-refractivity contribution in [1.29, 1.82) is 0 Å². The molecule has 0 saturated carbocycles. The second-order valence-corrected chi connectivity index (χ2v) is 3.67. The summed E-state index contributed by atoms with van der Waals surface area (Å²) >= 11 is 0. The second kappa shape index (κ2) is 4.93. The van der Waals surface area contributed by atoms with Crippen molar-refractivity contribution in [2.24, 2.45) is 0 Å². The van der Waals surface area contributed by atoms with E-state index in [9.17, 15) is 57.1 Å². The quantitative estimate of drug-likeness (QED) is 0.599. The van der Waals surface area contributed by atoms with E-state index in [1.165, 1.54) is 0 Å². The standard InChI is InChI=1S/C8H3F13/c1-2(5(11,12)8(19,20)21)3(9)4(10,6(13,14)15)7(16,17)18/h1H3. The van der Waals surface area contributed by atoms with Crippen molar-refractivity contribution in [2.45, 2.75) is 37.0 Å². The summed E-state index contributed by atoms with van der Waals surface area (Å²) in [5, 5.41) is 0. The van der Waals surface area contributed by atoms with E-state index in [2.05, 4.69) is 0 Å². The number of allylic oxidation sites excluding steroid dienone is 2. The van der Waals surface area contributed by atoms with Crippen LogP contribution in [-0.2, 0) is 0 Å². The molecule has 13 heteroatoms. The molecule has 21 heavy (non-hydrogen) atoms. The summed E-state index contributed by atoms with van der Waals surface area (Å²) in [5.74, 6) is -10.7. The van der Waals surface area contributed by atoms with Gasteiger partial charge >= 0.3 is 30.1 Å². The van der Waals surface area contributed by atoms with Crippen molar-refractivity contribution < 1.29 is 57.1 Å². The molecule has 0 amide bonds. The third kappa shape index (κ3) is 3.05. The Labute approximate surface area is 107 Å². The lowest BCUT2D eigenvalue weighted by Gasteiger charge is -2.31. The minimum absolute atomic E-state index is 0.728. The van der Waals surface area contributed by atoms with E-state index in [1.54, 1.807) is 0 Å². The summed E-state index contributed by atoms with van der Waals surface area (Å²) in [6, 6.07) is 0. The molecule has 126 valence electrons. The Morgan fingerprint density at radius 1 is 0.571 bits per heavy atom. The number of rotatable bonds is 2. The van der Waals surface area contributed by atoms with Crippen molar-refractivity contribution in [2.75, 3.05) is 0 Å². The molecule has 0 aliphatic carbocycles. The Bertz CT molecular complexity index is 403. The fourth-order valence-corrected chi connectivity index (χ4v) is 1.02. The molecule has 0 aliphatic rings. The van der Waals surface area contributed by atoms with Crippen molar-refractivity contribution in [1.82, 2.24) is 0 Å². The summed E-state index contributed by atoms with van der Waals surface area (Å²) in [4.78, 5) is 0. The molecule has 0 unspecified atom stereocenters. The maximum Gasteiger partial charge on any atom is 0.457 e. The third-order valence-corrected chi connectivity index (χ3v) is 2.24. The number of alkyl halides is 12. The summed E-state index contributed by atoms with van der Waals surface area (Å²) in [5.41, 5.74) is -10.4. The van der Waals surface area contributed by atoms with Gasteiger partial charge in [-0.3, -0.25) is 0 Å². The van der Waals surface area contributed by atoms with Crippen LogP contribution in [0.15, 0.2) is 11.4 Å². The van der Waals surface area contributed by atoms with Crippen molar-refractivity contribution in [3.63, 3.8) is 0 Å². The first-order valence-corrected chi connectivity index (χ1v) is 4.46. The zero-order chi connectivity index (χ0) is 17.7. The summed E-state index contributed by atoms with van der Waals surface area (Å²) in [6.45, 7) is -0.728. The van der Waals surface area contributed by atoms with Gasteiger partial charge in [0.1, 0.15) is 0 Å². The highest BCUT2D eigenvalue weighted by Gasteiger charge is 2.77. The molecule has 0 nitrogen and oxygen atoms in total. The molecule has 0 rings (SSSR count). The van der Waals surface area contributed by atoms with Crippen LogP contribution in [0, 0.1) is 0 Å². The largest absolute Gasteiger partial charge is 0.457 e. The van der Waals surface area contributed by atoms with Crippen LogP contribution in [0.25, 0.3) is 0 Å². The minimum Gasteiger partial charge on any atom is -0.215 e. The number of hydrogen-bond acceptors (Lipinski definition) is 0. The lowest BCUT2D eigenvalue weighted by Crippen LogP contribution is -2.55. The molecule has 0 aromatic carbocycles. The maximum atomic E-state index is 13.0. The molecule has 0 bridgehead atoms. The first kappa shape index (κ1) is 19.8. The van der Waals surface area contributed by atoms with Gasteiger partial charge in [-0.15, -0.1) is 0 Å². The van der Waals surface area contributed by atoms with Crippen LogP contribution >= 0.6 is 0 Å². The lowest BCUT2D eigenvalue weighted by atomic mass is 9.96. The fourth-order valence-electron chi connectivity index (χ4n) is 1.02. The second-order valence-electron chi connectivity index (χ2n) is 3.67. The van der Waals surface area contributed by atoms with Gasteiger partial charge in [0.2, 0.25) is 0 Å². The zero-order valence-electron chi connectivity index (χ0n) is 9.41. The molecule has 0 radical (unpaired) electrons. The van der Waals surface area contributed by atoms with Gasteiger partial charge in [-0.1, -0.05) is 0 Å². The number of hydrogen-bond donors (Lipinski definition) is 0. The molecule has 0 spiro atoms. The Kier molecular flexibility index (Phi) is 4.66. The molecule has 0 heterocycles. The van der Waals surface area contributed by atoms with E-state index in [1.807, 2.05) is 0 Å². The van der Waals surface area contributed by atoms with E-state index in [4.69, 9.17) is 0 Å². The zero-order valence-corrected chi connectivity index (χ0v) is 9.41.